The SMILES string of the molecule is CN(C)CC(=O)c1ccc2oc3ccc(C(=O)CN(C)C)cc3c2c1. The van der Waals surface area contributed by atoms with Crippen molar-refractivity contribution in [1.82, 2.24) is 9.80 Å². The van der Waals surface area contributed by atoms with E-state index in [0.717, 1.165) is 10.8 Å². The van der Waals surface area contributed by atoms with Gasteiger partial charge in [0.1, 0.15) is 11.2 Å². The second-order valence-electron chi connectivity index (χ2n) is 6.85. The molecule has 2 aromatic carbocycles. The molecule has 3 aromatic rings. The Morgan fingerprint density at radius 1 is 0.760 bits per heavy atom. The van der Waals surface area contributed by atoms with E-state index in [4.69, 9.17) is 4.42 Å². The van der Waals surface area contributed by atoms with Crippen molar-refractivity contribution in [1.29, 1.82) is 0 Å². The van der Waals surface area contributed by atoms with Gasteiger partial charge in [-0.15, -0.1) is 0 Å². The Bertz CT molecular complexity index is 878. The van der Waals surface area contributed by atoms with Crippen LogP contribution in [0.4, 0.5) is 0 Å². The molecule has 1 aromatic heterocycles. The smallest absolute Gasteiger partial charge is 0.176 e. The fourth-order valence-corrected chi connectivity index (χ4v) is 2.88. The van der Waals surface area contributed by atoms with E-state index in [1.807, 2.05) is 62.3 Å². The molecular weight excluding hydrogens is 316 g/mol. The minimum atomic E-state index is 0.0566. The predicted octanol–water partition coefficient (Wildman–Crippen LogP) is 3.07. The third kappa shape index (κ3) is 3.62. The summed E-state index contributed by atoms with van der Waals surface area (Å²) >= 11 is 0. The van der Waals surface area contributed by atoms with Crippen LogP contribution in [0.15, 0.2) is 40.8 Å². The van der Waals surface area contributed by atoms with Crippen LogP contribution in [0.1, 0.15) is 20.7 Å². The number of furan rings is 1. The molecule has 0 fully saturated rings. The van der Waals surface area contributed by atoms with Crippen molar-refractivity contribution in [2.75, 3.05) is 41.3 Å². The van der Waals surface area contributed by atoms with Crippen LogP contribution in [-0.2, 0) is 0 Å². The van der Waals surface area contributed by atoms with Gasteiger partial charge < -0.3 is 14.2 Å². The van der Waals surface area contributed by atoms with Crippen LogP contribution in [0.5, 0.6) is 0 Å². The van der Waals surface area contributed by atoms with E-state index in [9.17, 15) is 9.59 Å². The minimum Gasteiger partial charge on any atom is -0.456 e. The van der Waals surface area contributed by atoms with Crippen LogP contribution in [0.25, 0.3) is 21.9 Å². The number of hydrogen-bond acceptors (Lipinski definition) is 5. The lowest BCUT2D eigenvalue weighted by Gasteiger charge is -2.08. The van der Waals surface area contributed by atoms with Gasteiger partial charge in [-0.2, -0.15) is 0 Å². The first kappa shape index (κ1) is 17.3. The second-order valence-corrected chi connectivity index (χ2v) is 6.85. The summed E-state index contributed by atoms with van der Waals surface area (Å²) in [6.07, 6.45) is 0. The standard InChI is InChI=1S/C20H22N2O3/c1-21(2)11-17(23)13-5-7-19-15(9-13)16-10-14(6-8-20(16)25-19)18(24)12-22(3)4/h5-10H,11-12H2,1-4H3. The van der Waals surface area contributed by atoms with Gasteiger partial charge in [0.2, 0.25) is 0 Å². The lowest BCUT2D eigenvalue weighted by Crippen LogP contribution is -2.21. The second kappa shape index (κ2) is 6.78. The highest BCUT2D eigenvalue weighted by molar-refractivity contribution is 6.11. The van der Waals surface area contributed by atoms with Crippen molar-refractivity contribution in [2.45, 2.75) is 0 Å². The van der Waals surface area contributed by atoms with Crippen molar-refractivity contribution in [3.8, 4) is 0 Å². The maximum absolute atomic E-state index is 12.3. The van der Waals surface area contributed by atoms with Gasteiger partial charge >= 0.3 is 0 Å². The first-order valence-corrected chi connectivity index (χ1v) is 8.17. The van der Waals surface area contributed by atoms with E-state index in [2.05, 4.69) is 0 Å². The molecule has 3 rings (SSSR count). The van der Waals surface area contributed by atoms with E-state index in [1.165, 1.54) is 0 Å². The number of fused-ring (bicyclic) bond motifs is 3. The quantitative estimate of drug-likeness (QED) is 0.647. The summed E-state index contributed by atoms with van der Waals surface area (Å²) in [6, 6.07) is 10.9. The maximum atomic E-state index is 12.3. The highest BCUT2D eigenvalue weighted by Gasteiger charge is 2.14. The Morgan fingerprint density at radius 2 is 1.16 bits per heavy atom. The molecular formula is C20H22N2O3. The Morgan fingerprint density at radius 3 is 1.52 bits per heavy atom. The van der Waals surface area contributed by atoms with Gasteiger partial charge in [-0.3, -0.25) is 9.59 Å². The summed E-state index contributed by atoms with van der Waals surface area (Å²) < 4.78 is 5.84. The number of rotatable bonds is 6. The fraction of sp³-hybridized carbons (Fsp3) is 0.300. The monoisotopic (exact) mass is 338 g/mol. The van der Waals surface area contributed by atoms with Gasteiger partial charge in [-0.25, -0.2) is 0 Å². The highest BCUT2D eigenvalue weighted by Crippen LogP contribution is 2.30. The van der Waals surface area contributed by atoms with E-state index in [1.54, 1.807) is 12.1 Å². The lowest BCUT2D eigenvalue weighted by atomic mass is 10.0. The van der Waals surface area contributed by atoms with E-state index in [-0.39, 0.29) is 11.6 Å². The molecule has 0 aliphatic carbocycles. The Kier molecular flexibility index (Phi) is 4.70. The van der Waals surface area contributed by atoms with Crippen molar-refractivity contribution in [2.24, 2.45) is 0 Å². The number of carbonyl (C=O) groups is 2. The number of Topliss-reactive ketones (excluding diaryl/α,β-unsaturated/α-hetero) is 2. The van der Waals surface area contributed by atoms with Crippen molar-refractivity contribution < 1.29 is 14.0 Å². The molecule has 1 heterocycles. The molecule has 0 spiro atoms. The normalized spacial score (nSPS) is 11.8. The van der Waals surface area contributed by atoms with Crippen LogP contribution in [0.3, 0.4) is 0 Å². The van der Waals surface area contributed by atoms with Crippen molar-refractivity contribution >= 4 is 33.5 Å². The van der Waals surface area contributed by atoms with Crippen molar-refractivity contribution in [3.63, 3.8) is 0 Å². The van der Waals surface area contributed by atoms with E-state index < -0.39 is 0 Å². The topological polar surface area (TPSA) is 53.8 Å². The number of nitrogens with zero attached hydrogens (tertiary/aromatic N) is 2. The van der Waals surface area contributed by atoms with Crippen LogP contribution in [0, 0.1) is 0 Å². The van der Waals surface area contributed by atoms with E-state index in [0.29, 0.717) is 35.4 Å². The van der Waals surface area contributed by atoms with Gasteiger partial charge in [0.05, 0.1) is 13.1 Å². The lowest BCUT2D eigenvalue weighted by molar-refractivity contribution is 0.0949. The zero-order valence-electron chi connectivity index (χ0n) is 15.0. The average Bonchev–Trinajstić information content (AvgIpc) is 2.90. The molecule has 5 heteroatoms. The Hall–Kier alpha value is -2.50. The minimum absolute atomic E-state index is 0.0566. The average molecular weight is 338 g/mol. The highest BCUT2D eigenvalue weighted by atomic mass is 16.3. The van der Waals surface area contributed by atoms with Crippen LogP contribution in [-0.4, -0.2) is 62.6 Å². The third-order valence-electron chi connectivity index (χ3n) is 4.03. The summed E-state index contributed by atoms with van der Waals surface area (Å²) in [5, 5.41) is 1.72. The Balaban J connectivity index is 2.06. The molecule has 0 bridgehead atoms. The summed E-state index contributed by atoms with van der Waals surface area (Å²) in [6.45, 7) is 0.710. The molecule has 0 saturated heterocycles. The molecule has 0 saturated carbocycles. The number of carbonyl (C=O) groups excluding carboxylic acids is 2. The molecule has 5 nitrogen and oxygen atoms in total. The molecule has 130 valence electrons. The zero-order chi connectivity index (χ0) is 18.1. The van der Waals surface area contributed by atoms with Crippen LogP contribution >= 0.6 is 0 Å². The van der Waals surface area contributed by atoms with Crippen molar-refractivity contribution in [3.05, 3.63) is 47.5 Å². The first-order chi connectivity index (χ1) is 11.8. The molecule has 0 aliphatic heterocycles. The Labute approximate surface area is 146 Å². The van der Waals surface area contributed by atoms with Gasteiger partial charge in [0.15, 0.2) is 11.6 Å². The fourth-order valence-electron chi connectivity index (χ4n) is 2.88. The van der Waals surface area contributed by atoms with Gasteiger partial charge in [0, 0.05) is 21.9 Å². The van der Waals surface area contributed by atoms with Gasteiger partial charge in [-0.05, 0) is 64.6 Å². The number of hydrogen-bond donors (Lipinski definition) is 0. The molecule has 0 N–H and O–H groups in total. The van der Waals surface area contributed by atoms with Gasteiger partial charge in [0.25, 0.3) is 0 Å². The largest absolute Gasteiger partial charge is 0.456 e. The summed E-state index contributed by atoms with van der Waals surface area (Å²) in [5.74, 6) is 0.113. The number of likely N-dealkylation sites (N-methyl/N-ethyl adjacent to an activating group) is 2. The van der Waals surface area contributed by atoms with E-state index >= 15 is 0 Å². The first-order valence-electron chi connectivity index (χ1n) is 8.17. The maximum Gasteiger partial charge on any atom is 0.176 e. The summed E-state index contributed by atoms with van der Waals surface area (Å²) in [7, 11) is 7.47. The zero-order valence-corrected chi connectivity index (χ0v) is 15.0. The molecule has 0 atom stereocenters. The molecule has 0 amide bonds. The van der Waals surface area contributed by atoms with Crippen LogP contribution < -0.4 is 0 Å². The van der Waals surface area contributed by atoms with Crippen LogP contribution in [0.2, 0.25) is 0 Å². The molecule has 0 unspecified atom stereocenters. The molecule has 0 radical (unpaired) electrons. The molecule has 25 heavy (non-hydrogen) atoms. The number of ketones is 2. The number of benzene rings is 2. The third-order valence-corrected chi connectivity index (χ3v) is 4.03. The summed E-state index contributed by atoms with van der Waals surface area (Å²) in [4.78, 5) is 28.3. The molecule has 0 aliphatic rings. The van der Waals surface area contributed by atoms with Gasteiger partial charge in [-0.1, -0.05) is 0 Å². The summed E-state index contributed by atoms with van der Waals surface area (Å²) in [5.41, 5.74) is 2.73. The predicted molar refractivity (Wildman–Crippen MR) is 99.5 cm³/mol.